The third-order valence-corrected chi connectivity index (χ3v) is 12.1. The van der Waals surface area contributed by atoms with Crippen LogP contribution in [0.3, 0.4) is 0 Å². The zero-order chi connectivity index (χ0) is 38.7. The Bertz CT molecular complexity index is 3210. The molecule has 2 heterocycles. The first-order valence-corrected chi connectivity index (χ1v) is 19.9. The minimum Gasteiger partial charge on any atom is -0.354 e. The number of hydrogen-bond donors (Lipinski definition) is 1. The van der Waals surface area contributed by atoms with Crippen molar-refractivity contribution in [3.63, 3.8) is 0 Å². The van der Waals surface area contributed by atoms with Crippen molar-refractivity contribution < 1.29 is 0 Å². The molecule has 4 heteroatoms. The van der Waals surface area contributed by atoms with Gasteiger partial charge in [-0.25, -0.2) is 0 Å². The molecule has 0 saturated carbocycles. The van der Waals surface area contributed by atoms with Gasteiger partial charge in [0.2, 0.25) is 0 Å². The molecule has 0 spiro atoms. The summed E-state index contributed by atoms with van der Waals surface area (Å²) >= 11 is 0. The van der Waals surface area contributed by atoms with E-state index in [0.717, 1.165) is 84.3 Å². The molecule has 8 aromatic carbocycles. The molecule has 4 nitrogen and oxygen atoms in total. The molecule has 11 rings (SSSR count). The third-order valence-electron chi connectivity index (χ3n) is 12.1. The SMILES string of the molecule is Cc1cc2c(c(-c3ccc4c([nH]c5ccccc54)c3-c3nnnc(-c4ccccc4-c4ccccc4)c3-c3ccccc3-c3ccccc3)c1C)Cc1ccccc1-2. The van der Waals surface area contributed by atoms with Gasteiger partial charge in [0.1, 0.15) is 11.4 Å². The number of nitrogens with zero attached hydrogens (tertiary/aromatic N) is 3. The first-order chi connectivity index (χ1) is 28.6. The first kappa shape index (κ1) is 33.9. The first-order valence-electron chi connectivity index (χ1n) is 19.9. The molecule has 0 unspecified atom stereocenters. The van der Waals surface area contributed by atoms with E-state index in [1.165, 1.54) is 44.3 Å². The molecule has 2 aromatic heterocycles. The highest BCUT2D eigenvalue weighted by atomic mass is 15.3. The lowest BCUT2D eigenvalue weighted by molar-refractivity contribution is 0.879. The van der Waals surface area contributed by atoms with Gasteiger partial charge >= 0.3 is 0 Å². The summed E-state index contributed by atoms with van der Waals surface area (Å²) in [5.41, 5.74) is 22.4. The van der Waals surface area contributed by atoms with Gasteiger partial charge in [0.05, 0.1) is 5.52 Å². The van der Waals surface area contributed by atoms with Crippen LogP contribution >= 0.6 is 0 Å². The fraction of sp³-hybridized carbons (Fsp3) is 0.0556. The van der Waals surface area contributed by atoms with Crippen LogP contribution in [0.2, 0.25) is 0 Å². The average Bonchev–Trinajstić information content (AvgIpc) is 3.85. The number of nitrogens with one attached hydrogen (secondary N) is 1. The molecule has 1 N–H and O–H groups in total. The van der Waals surface area contributed by atoms with Crippen molar-refractivity contribution in [2.24, 2.45) is 0 Å². The standard InChI is InChI=1S/C54H38N4/c1-33-31-46-40-24-10-9-21-37(40)32-47(46)49(34(33)2)45-30-29-44-41-25-15-16-28-48(41)55-52(44)51(45)54-50(42-26-13-11-22-38(42)35-17-5-3-6-18-35)53(56-58-57-54)43-27-14-12-23-39(43)36-19-7-4-8-20-36/h3-31,55H,32H2,1-2H3. The zero-order valence-corrected chi connectivity index (χ0v) is 32.3. The van der Waals surface area contributed by atoms with E-state index in [1.807, 2.05) is 0 Å². The molecule has 0 bridgehead atoms. The van der Waals surface area contributed by atoms with Gasteiger partial charge in [-0.1, -0.05) is 170 Å². The number of aromatic amines is 1. The maximum absolute atomic E-state index is 5.16. The Morgan fingerprint density at radius 3 is 1.76 bits per heavy atom. The lowest BCUT2D eigenvalue weighted by Gasteiger charge is -2.22. The van der Waals surface area contributed by atoms with Gasteiger partial charge in [-0.3, -0.25) is 0 Å². The van der Waals surface area contributed by atoms with E-state index < -0.39 is 0 Å². The molecule has 0 atom stereocenters. The van der Waals surface area contributed by atoms with Crippen molar-refractivity contribution in [2.45, 2.75) is 20.3 Å². The van der Waals surface area contributed by atoms with Crippen molar-refractivity contribution in [3.8, 4) is 78.1 Å². The number of aryl methyl sites for hydroxylation is 1. The Hall–Kier alpha value is -7.43. The van der Waals surface area contributed by atoms with Crippen LogP contribution in [-0.2, 0) is 6.42 Å². The fourth-order valence-corrected chi connectivity index (χ4v) is 9.33. The average molecular weight is 743 g/mol. The van der Waals surface area contributed by atoms with Crippen molar-refractivity contribution in [3.05, 3.63) is 198 Å². The highest BCUT2D eigenvalue weighted by molar-refractivity contribution is 6.17. The summed E-state index contributed by atoms with van der Waals surface area (Å²) in [7, 11) is 0. The predicted octanol–water partition coefficient (Wildman–Crippen LogP) is 13.7. The van der Waals surface area contributed by atoms with Gasteiger partial charge in [0.15, 0.2) is 0 Å². The number of rotatable bonds is 6. The number of fused-ring (bicyclic) bond motifs is 6. The minimum absolute atomic E-state index is 0.783. The van der Waals surface area contributed by atoms with Crippen molar-refractivity contribution in [1.29, 1.82) is 0 Å². The van der Waals surface area contributed by atoms with Gasteiger partial charge in [-0.15, -0.1) is 10.2 Å². The van der Waals surface area contributed by atoms with Gasteiger partial charge < -0.3 is 4.98 Å². The van der Waals surface area contributed by atoms with E-state index in [9.17, 15) is 0 Å². The van der Waals surface area contributed by atoms with Crippen molar-refractivity contribution in [1.82, 2.24) is 20.4 Å². The summed E-state index contributed by atoms with van der Waals surface area (Å²) < 4.78 is 0. The van der Waals surface area contributed by atoms with Crippen molar-refractivity contribution >= 4 is 21.8 Å². The van der Waals surface area contributed by atoms with Gasteiger partial charge in [0.25, 0.3) is 0 Å². The minimum atomic E-state index is 0.783. The molecule has 58 heavy (non-hydrogen) atoms. The number of aromatic nitrogens is 4. The van der Waals surface area contributed by atoms with Gasteiger partial charge in [-0.2, -0.15) is 0 Å². The molecule has 0 aliphatic heterocycles. The highest BCUT2D eigenvalue weighted by Crippen LogP contribution is 2.51. The number of H-pyrrole nitrogens is 1. The van der Waals surface area contributed by atoms with Gasteiger partial charge in [0, 0.05) is 33.0 Å². The summed E-state index contributed by atoms with van der Waals surface area (Å²) in [5.74, 6) is 0. The second-order valence-electron chi connectivity index (χ2n) is 15.3. The Kier molecular flexibility index (Phi) is 7.97. The Morgan fingerprint density at radius 1 is 0.431 bits per heavy atom. The topological polar surface area (TPSA) is 54.5 Å². The molecular weight excluding hydrogens is 705 g/mol. The van der Waals surface area contributed by atoms with Crippen LogP contribution in [0, 0.1) is 13.8 Å². The fourth-order valence-electron chi connectivity index (χ4n) is 9.33. The number of para-hydroxylation sites is 1. The maximum Gasteiger partial charge on any atom is 0.108 e. The van der Waals surface area contributed by atoms with Crippen LogP contribution in [-0.4, -0.2) is 20.4 Å². The molecule has 1 aliphatic carbocycles. The molecule has 274 valence electrons. The Balaban J connectivity index is 1.30. The van der Waals surface area contributed by atoms with Crippen LogP contribution < -0.4 is 0 Å². The molecule has 0 saturated heterocycles. The molecule has 0 radical (unpaired) electrons. The number of benzene rings is 8. The molecule has 0 fully saturated rings. The van der Waals surface area contributed by atoms with Crippen LogP contribution in [0.5, 0.6) is 0 Å². The summed E-state index contributed by atoms with van der Waals surface area (Å²) in [6.45, 7) is 4.52. The van der Waals surface area contributed by atoms with Crippen LogP contribution in [0.25, 0.3) is 100.0 Å². The van der Waals surface area contributed by atoms with E-state index >= 15 is 0 Å². The van der Waals surface area contributed by atoms with Crippen LogP contribution in [0.1, 0.15) is 22.3 Å². The third kappa shape index (κ3) is 5.33. The van der Waals surface area contributed by atoms with Crippen LogP contribution in [0.15, 0.2) is 176 Å². The van der Waals surface area contributed by atoms with E-state index in [4.69, 9.17) is 10.2 Å². The van der Waals surface area contributed by atoms with Crippen molar-refractivity contribution in [2.75, 3.05) is 0 Å². The molecule has 0 amide bonds. The molecule has 1 aliphatic rings. The molecule has 10 aromatic rings. The monoisotopic (exact) mass is 742 g/mol. The summed E-state index contributed by atoms with van der Waals surface area (Å²) in [4.78, 5) is 3.91. The predicted molar refractivity (Wildman–Crippen MR) is 240 cm³/mol. The summed E-state index contributed by atoms with van der Waals surface area (Å²) in [6, 6.07) is 62.8. The molecular formula is C54H38N4. The van der Waals surface area contributed by atoms with E-state index in [-0.39, 0.29) is 0 Å². The second kappa shape index (κ2) is 13.6. The van der Waals surface area contributed by atoms with E-state index in [0.29, 0.717) is 0 Å². The van der Waals surface area contributed by atoms with Crippen LogP contribution in [0.4, 0.5) is 0 Å². The van der Waals surface area contributed by atoms with E-state index in [2.05, 4.69) is 200 Å². The lowest BCUT2D eigenvalue weighted by atomic mass is 9.82. The summed E-state index contributed by atoms with van der Waals surface area (Å²) in [6.07, 6.45) is 0.869. The Morgan fingerprint density at radius 2 is 1.02 bits per heavy atom. The Labute approximate surface area is 337 Å². The smallest absolute Gasteiger partial charge is 0.108 e. The second-order valence-corrected chi connectivity index (χ2v) is 15.3. The van der Waals surface area contributed by atoms with E-state index in [1.54, 1.807) is 0 Å². The van der Waals surface area contributed by atoms with Gasteiger partial charge in [-0.05, 0) is 104 Å². The quantitative estimate of drug-likeness (QED) is 0.185. The lowest BCUT2D eigenvalue weighted by Crippen LogP contribution is -2.04. The zero-order valence-electron chi connectivity index (χ0n) is 32.3. The largest absolute Gasteiger partial charge is 0.354 e. The maximum atomic E-state index is 5.16. The summed E-state index contributed by atoms with van der Waals surface area (Å²) in [5, 5.41) is 17.2. The highest BCUT2D eigenvalue weighted by Gasteiger charge is 2.30. The number of hydrogen-bond acceptors (Lipinski definition) is 3. The normalized spacial score (nSPS) is 11.9.